The monoisotopic (exact) mass is 485 g/mol. The topological polar surface area (TPSA) is 88.5 Å². The van der Waals surface area contributed by atoms with Gasteiger partial charge in [0.05, 0.1) is 30.8 Å². The summed E-state index contributed by atoms with van der Waals surface area (Å²) in [5.74, 6) is 0.403. The van der Waals surface area contributed by atoms with Crippen molar-refractivity contribution in [2.45, 2.75) is 32.0 Å². The van der Waals surface area contributed by atoms with Crippen LogP contribution >= 0.6 is 12.2 Å². The first-order chi connectivity index (χ1) is 15.7. The Hall–Kier alpha value is -3.11. The van der Waals surface area contributed by atoms with Gasteiger partial charge in [-0.1, -0.05) is 6.07 Å². The van der Waals surface area contributed by atoms with E-state index in [1.807, 2.05) is 35.2 Å². The van der Waals surface area contributed by atoms with Crippen molar-refractivity contribution in [1.82, 2.24) is 14.9 Å². The average molecular weight is 486 g/mol. The molecule has 1 aromatic carbocycles. The number of methoxy groups -OCH3 is 1. The SMILES string of the molecule is COc1cc(N2C(=S)NC(c3ccccn3)C2c2cccn2C(C)C)ccc1NS(C)(=O)=O. The highest BCUT2D eigenvalue weighted by molar-refractivity contribution is 7.92. The van der Waals surface area contributed by atoms with Gasteiger partial charge >= 0.3 is 0 Å². The van der Waals surface area contributed by atoms with Gasteiger partial charge in [0.25, 0.3) is 0 Å². The van der Waals surface area contributed by atoms with Gasteiger partial charge < -0.3 is 19.5 Å². The Labute approximate surface area is 199 Å². The number of nitrogens with zero attached hydrogens (tertiary/aromatic N) is 3. The molecule has 0 bridgehead atoms. The smallest absolute Gasteiger partial charge is 0.229 e. The third-order valence-electron chi connectivity index (χ3n) is 5.53. The second-order valence-electron chi connectivity index (χ2n) is 8.19. The van der Waals surface area contributed by atoms with Gasteiger partial charge in [-0.3, -0.25) is 9.71 Å². The first kappa shape index (κ1) is 23.1. The number of hydrogen-bond donors (Lipinski definition) is 2. The van der Waals surface area contributed by atoms with Gasteiger partial charge in [0.2, 0.25) is 10.0 Å². The summed E-state index contributed by atoms with van der Waals surface area (Å²) in [5, 5.41) is 4.00. The number of benzene rings is 1. The minimum atomic E-state index is -3.45. The normalized spacial score (nSPS) is 18.5. The second kappa shape index (κ2) is 9.03. The molecule has 0 amide bonds. The van der Waals surface area contributed by atoms with E-state index in [9.17, 15) is 8.42 Å². The van der Waals surface area contributed by atoms with E-state index in [1.165, 1.54) is 7.11 Å². The number of ether oxygens (including phenoxy) is 1. The Balaban J connectivity index is 1.83. The van der Waals surface area contributed by atoms with Gasteiger partial charge in [0.1, 0.15) is 11.8 Å². The van der Waals surface area contributed by atoms with Crippen molar-refractivity contribution in [3.63, 3.8) is 0 Å². The van der Waals surface area contributed by atoms with Crippen molar-refractivity contribution in [3.05, 3.63) is 72.3 Å². The Bertz CT molecular complexity index is 1260. The maximum absolute atomic E-state index is 11.8. The van der Waals surface area contributed by atoms with Crippen LogP contribution in [0.2, 0.25) is 0 Å². The predicted octanol–water partition coefficient (Wildman–Crippen LogP) is 4.02. The number of nitrogens with one attached hydrogen (secondary N) is 2. The number of anilines is 2. The molecule has 1 aliphatic rings. The number of aromatic nitrogens is 2. The van der Waals surface area contributed by atoms with Crippen LogP contribution in [-0.4, -0.2) is 36.4 Å². The van der Waals surface area contributed by atoms with Crippen LogP contribution in [0.25, 0.3) is 0 Å². The Morgan fingerprint density at radius 3 is 2.61 bits per heavy atom. The number of rotatable bonds is 7. The van der Waals surface area contributed by atoms with E-state index in [2.05, 4.69) is 45.7 Å². The molecule has 2 unspecified atom stereocenters. The maximum Gasteiger partial charge on any atom is 0.229 e. The lowest BCUT2D eigenvalue weighted by Gasteiger charge is -2.30. The second-order valence-corrected chi connectivity index (χ2v) is 10.3. The minimum Gasteiger partial charge on any atom is -0.494 e. The molecule has 8 nitrogen and oxygen atoms in total. The van der Waals surface area contributed by atoms with Crippen molar-refractivity contribution in [1.29, 1.82) is 0 Å². The van der Waals surface area contributed by atoms with Crippen molar-refractivity contribution in [2.75, 3.05) is 23.0 Å². The lowest BCUT2D eigenvalue weighted by atomic mass is 10.0. The summed E-state index contributed by atoms with van der Waals surface area (Å²) in [6, 6.07) is 15.2. The van der Waals surface area contributed by atoms with Crippen molar-refractivity contribution in [2.24, 2.45) is 0 Å². The van der Waals surface area contributed by atoms with Gasteiger partial charge in [0, 0.05) is 35.9 Å². The highest BCUT2D eigenvalue weighted by Crippen LogP contribution is 2.43. The zero-order valence-corrected chi connectivity index (χ0v) is 20.5. The van der Waals surface area contributed by atoms with Gasteiger partial charge in [-0.05, 0) is 62.5 Å². The Morgan fingerprint density at radius 2 is 1.97 bits per heavy atom. The predicted molar refractivity (Wildman–Crippen MR) is 134 cm³/mol. The average Bonchev–Trinajstić information content (AvgIpc) is 3.38. The van der Waals surface area contributed by atoms with Crippen LogP contribution in [0.4, 0.5) is 11.4 Å². The number of sulfonamides is 1. The van der Waals surface area contributed by atoms with Crippen LogP contribution in [-0.2, 0) is 10.0 Å². The zero-order chi connectivity index (χ0) is 23.8. The molecule has 0 saturated carbocycles. The molecule has 0 aliphatic carbocycles. The largest absolute Gasteiger partial charge is 0.494 e. The molecule has 2 atom stereocenters. The van der Waals surface area contributed by atoms with E-state index in [1.54, 1.807) is 18.3 Å². The van der Waals surface area contributed by atoms with Gasteiger partial charge in [-0.2, -0.15) is 0 Å². The molecule has 1 aliphatic heterocycles. The van der Waals surface area contributed by atoms with E-state index in [-0.39, 0.29) is 18.1 Å². The van der Waals surface area contributed by atoms with Crippen LogP contribution in [0.3, 0.4) is 0 Å². The summed E-state index contributed by atoms with van der Waals surface area (Å²) in [6.45, 7) is 4.28. The third-order valence-corrected chi connectivity index (χ3v) is 6.43. The van der Waals surface area contributed by atoms with E-state index >= 15 is 0 Å². The third kappa shape index (κ3) is 4.67. The molecule has 174 valence electrons. The molecule has 0 spiro atoms. The van der Waals surface area contributed by atoms with E-state index in [0.717, 1.165) is 23.3 Å². The molecule has 0 radical (unpaired) electrons. The summed E-state index contributed by atoms with van der Waals surface area (Å²) < 4.78 is 33.7. The fourth-order valence-corrected chi connectivity index (χ4v) is 5.09. The Morgan fingerprint density at radius 1 is 1.18 bits per heavy atom. The number of hydrogen-bond acceptors (Lipinski definition) is 5. The standard InChI is InChI=1S/C23H27N5O3S2/c1-15(2)27-13-7-9-19(27)22-21(18-8-5-6-12-24-18)25-23(32)28(22)16-10-11-17(20(14-16)31-3)26-33(4,29)30/h5-15,21-22,26H,1-4H3,(H,25,32). The zero-order valence-electron chi connectivity index (χ0n) is 18.9. The van der Waals surface area contributed by atoms with E-state index in [4.69, 9.17) is 17.0 Å². The molecular formula is C23H27N5O3S2. The number of thiocarbonyl (C=S) groups is 1. The maximum atomic E-state index is 11.8. The fourth-order valence-electron chi connectivity index (χ4n) is 4.18. The first-order valence-electron chi connectivity index (χ1n) is 10.5. The van der Waals surface area contributed by atoms with Crippen molar-refractivity contribution in [3.8, 4) is 5.75 Å². The molecule has 33 heavy (non-hydrogen) atoms. The first-order valence-corrected chi connectivity index (χ1v) is 12.8. The van der Waals surface area contributed by atoms with Gasteiger partial charge in [-0.25, -0.2) is 8.42 Å². The Kier molecular flexibility index (Phi) is 6.31. The minimum absolute atomic E-state index is 0.175. The summed E-state index contributed by atoms with van der Waals surface area (Å²) in [4.78, 5) is 6.62. The fraction of sp³-hybridized carbons (Fsp3) is 0.304. The summed E-state index contributed by atoms with van der Waals surface area (Å²) in [7, 11) is -1.95. The lowest BCUT2D eigenvalue weighted by Crippen LogP contribution is -2.30. The molecular weight excluding hydrogens is 458 g/mol. The molecule has 4 rings (SSSR count). The molecule has 1 saturated heterocycles. The highest BCUT2D eigenvalue weighted by Gasteiger charge is 2.42. The highest BCUT2D eigenvalue weighted by atomic mass is 32.2. The van der Waals surface area contributed by atoms with Crippen molar-refractivity contribution < 1.29 is 13.2 Å². The molecule has 2 aromatic heterocycles. The van der Waals surface area contributed by atoms with Crippen LogP contribution in [0.15, 0.2) is 60.9 Å². The van der Waals surface area contributed by atoms with Crippen molar-refractivity contribution >= 4 is 38.7 Å². The van der Waals surface area contributed by atoms with Gasteiger partial charge in [-0.15, -0.1) is 0 Å². The summed E-state index contributed by atoms with van der Waals surface area (Å²) in [5.41, 5.74) is 3.12. The lowest BCUT2D eigenvalue weighted by molar-refractivity contribution is 0.416. The molecule has 10 heteroatoms. The van der Waals surface area contributed by atoms with Crippen LogP contribution in [0.1, 0.15) is 43.4 Å². The van der Waals surface area contributed by atoms with Crippen LogP contribution in [0.5, 0.6) is 5.75 Å². The summed E-state index contributed by atoms with van der Waals surface area (Å²) in [6.07, 6.45) is 4.94. The molecule has 3 aromatic rings. The van der Waals surface area contributed by atoms with Gasteiger partial charge in [0.15, 0.2) is 5.11 Å². The quantitative estimate of drug-likeness (QED) is 0.489. The molecule has 1 fully saturated rings. The van der Waals surface area contributed by atoms with E-state index in [0.29, 0.717) is 16.5 Å². The van der Waals surface area contributed by atoms with Crippen LogP contribution < -0.4 is 19.7 Å². The summed E-state index contributed by atoms with van der Waals surface area (Å²) >= 11 is 5.78. The molecule has 2 N–H and O–H groups in total. The van der Waals surface area contributed by atoms with Crippen LogP contribution in [0, 0.1) is 0 Å². The van der Waals surface area contributed by atoms with E-state index < -0.39 is 10.0 Å². The molecule has 3 heterocycles. The number of pyridine rings is 1.